The summed E-state index contributed by atoms with van der Waals surface area (Å²) in [5.74, 6) is 0.967. The van der Waals surface area contributed by atoms with Crippen molar-refractivity contribution in [3.05, 3.63) is 24.0 Å². The van der Waals surface area contributed by atoms with Crippen LogP contribution in [-0.4, -0.2) is 50.3 Å². The number of carbonyl (C=O) groups is 1. The van der Waals surface area contributed by atoms with E-state index in [-0.39, 0.29) is 18.0 Å². The highest BCUT2D eigenvalue weighted by Crippen LogP contribution is 2.35. The van der Waals surface area contributed by atoms with Crippen molar-refractivity contribution in [1.29, 1.82) is 0 Å². The number of hydrogen-bond acceptors (Lipinski definition) is 6. The van der Waals surface area contributed by atoms with Gasteiger partial charge in [0.25, 0.3) is 0 Å². The Hall–Kier alpha value is -2.21. The van der Waals surface area contributed by atoms with Gasteiger partial charge in [0, 0.05) is 24.7 Å². The standard InChI is InChI=1S/C20H29NO5/c1-13(2)24-15-10-17(25-14(3)4)16-12-19(26-18(16)11-15)20(22)23-9-7-8-21(5)6/h10-14H,7-9H2,1-6H3. The second kappa shape index (κ2) is 8.94. The van der Waals surface area contributed by atoms with Crippen molar-refractivity contribution in [1.82, 2.24) is 4.90 Å². The number of fused-ring (bicyclic) bond motifs is 1. The average molecular weight is 363 g/mol. The molecule has 0 spiro atoms. The third kappa shape index (κ3) is 5.66. The van der Waals surface area contributed by atoms with E-state index in [2.05, 4.69) is 0 Å². The summed E-state index contributed by atoms with van der Waals surface area (Å²) in [7, 11) is 3.96. The first kappa shape index (κ1) is 20.1. The van der Waals surface area contributed by atoms with Gasteiger partial charge in [-0.15, -0.1) is 0 Å². The number of hydrogen-bond donors (Lipinski definition) is 0. The quantitative estimate of drug-likeness (QED) is 0.493. The van der Waals surface area contributed by atoms with Crippen LogP contribution in [-0.2, 0) is 4.74 Å². The van der Waals surface area contributed by atoms with Crippen LogP contribution in [0.15, 0.2) is 22.6 Å². The third-order valence-electron chi connectivity index (χ3n) is 3.49. The van der Waals surface area contributed by atoms with Crippen LogP contribution in [0.5, 0.6) is 11.5 Å². The Labute approximate surface area is 155 Å². The van der Waals surface area contributed by atoms with Crippen LogP contribution >= 0.6 is 0 Å². The fourth-order valence-corrected chi connectivity index (χ4v) is 2.49. The van der Waals surface area contributed by atoms with Gasteiger partial charge in [-0.25, -0.2) is 4.79 Å². The zero-order chi connectivity index (χ0) is 19.3. The molecule has 0 unspecified atom stereocenters. The first-order valence-corrected chi connectivity index (χ1v) is 8.99. The minimum Gasteiger partial charge on any atom is -0.491 e. The third-order valence-corrected chi connectivity index (χ3v) is 3.49. The molecule has 1 heterocycles. The minimum atomic E-state index is -0.471. The zero-order valence-electron chi connectivity index (χ0n) is 16.5. The fourth-order valence-electron chi connectivity index (χ4n) is 2.49. The molecular formula is C20H29NO5. The lowest BCUT2D eigenvalue weighted by Gasteiger charge is -2.14. The fraction of sp³-hybridized carbons (Fsp3) is 0.550. The number of furan rings is 1. The molecule has 144 valence electrons. The zero-order valence-corrected chi connectivity index (χ0v) is 16.5. The smallest absolute Gasteiger partial charge is 0.374 e. The van der Waals surface area contributed by atoms with Gasteiger partial charge in [0.2, 0.25) is 5.76 Å². The number of carbonyl (C=O) groups excluding carboxylic acids is 1. The van der Waals surface area contributed by atoms with Gasteiger partial charge in [-0.1, -0.05) is 0 Å². The van der Waals surface area contributed by atoms with Gasteiger partial charge in [0.15, 0.2) is 0 Å². The molecule has 0 bridgehead atoms. The summed E-state index contributed by atoms with van der Waals surface area (Å²) < 4.78 is 22.6. The highest BCUT2D eigenvalue weighted by molar-refractivity contribution is 5.95. The van der Waals surface area contributed by atoms with Crippen molar-refractivity contribution < 1.29 is 23.4 Å². The van der Waals surface area contributed by atoms with Crippen molar-refractivity contribution in [2.75, 3.05) is 27.2 Å². The summed E-state index contributed by atoms with van der Waals surface area (Å²) in [6.07, 6.45) is 0.784. The summed E-state index contributed by atoms with van der Waals surface area (Å²) in [6, 6.07) is 5.26. The molecule has 2 aromatic rings. The number of esters is 1. The molecule has 0 amide bonds. The van der Waals surface area contributed by atoms with E-state index in [1.165, 1.54) is 0 Å². The van der Waals surface area contributed by atoms with Gasteiger partial charge >= 0.3 is 5.97 Å². The first-order valence-electron chi connectivity index (χ1n) is 8.99. The maximum absolute atomic E-state index is 12.3. The Morgan fingerprint density at radius 1 is 1.08 bits per heavy atom. The van der Waals surface area contributed by atoms with E-state index < -0.39 is 5.97 Å². The molecule has 0 atom stereocenters. The normalized spacial score (nSPS) is 11.6. The summed E-state index contributed by atoms with van der Waals surface area (Å²) in [5, 5.41) is 0.732. The highest BCUT2D eigenvalue weighted by Gasteiger charge is 2.18. The summed E-state index contributed by atoms with van der Waals surface area (Å²) in [6.45, 7) is 9.00. The van der Waals surface area contributed by atoms with Crippen LogP contribution in [0.4, 0.5) is 0 Å². The molecule has 0 aliphatic carbocycles. The van der Waals surface area contributed by atoms with Crippen LogP contribution < -0.4 is 9.47 Å². The van der Waals surface area contributed by atoms with E-state index >= 15 is 0 Å². The van der Waals surface area contributed by atoms with E-state index in [4.69, 9.17) is 18.6 Å². The predicted octanol–water partition coefficient (Wildman–Crippen LogP) is 4.12. The largest absolute Gasteiger partial charge is 0.491 e. The van der Waals surface area contributed by atoms with Crippen LogP contribution in [0.3, 0.4) is 0 Å². The predicted molar refractivity (Wildman–Crippen MR) is 101 cm³/mol. The molecule has 0 radical (unpaired) electrons. The van der Waals surface area contributed by atoms with Crippen LogP contribution in [0.2, 0.25) is 0 Å². The molecular weight excluding hydrogens is 334 g/mol. The van der Waals surface area contributed by atoms with Crippen molar-refractivity contribution in [3.8, 4) is 11.5 Å². The molecule has 1 aromatic heterocycles. The van der Waals surface area contributed by atoms with Crippen LogP contribution in [0, 0.1) is 0 Å². The molecule has 26 heavy (non-hydrogen) atoms. The first-order chi connectivity index (χ1) is 12.3. The number of benzene rings is 1. The number of ether oxygens (including phenoxy) is 3. The highest BCUT2D eigenvalue weighted by atomic mass is 16.5. The SMILES string of the molecule is CC(C)Oc1cc(OC(C)C)c2cc(C(=O)OCCCN(C)C)oc2c1. The minimum absolute atomic E-state index is 0.0103. The summed E-state index contributed by atoms with van der Waals surface area (Å²) in [4.78, 5) is 14.3. The average Bonchev–Trinajstić information content (AvgIpc) is 2.94. The Balaban J connectivity index is 2.22. The van der Waals surface area contributed by atoms with Gasteiger partial charge in [-0.3, -0.25) is 0 Å². The maximum Gasteiger partial charge on any atom is 0.374 e. The van der Waals surface area contributed by atoms with Gasteiger partial charge < -0.3 is 23.5 Å². The van der Waals surface area contributed by atoms with Crippen LogP contribution in [0.25, 0.3) is 11.0 Å². The molecule has 0 aliphatic rings. The van der Waals surface area contributed by atoms with Gasteiger partial charge in [-0.05, 0) is 48.2 Å². The van der Waals surface area contributed by atoms with Gasteiger partial charge in [0.05, 0.1) is 24.2 Å². The molecule has 0 N–H and O–H groups in total. The Morgan fingerprint density at radius 2 is 1.77 bits per heavy atom. The van der Waals surface area contributed by atoms with Crippen molar-refractivity contribution in [2.24, 2.45) is 0 Å². The van der Waals surface area contributed by atoms with E-state index in [1.807, 2.05) is 52.8 Å². The van der Waals surface area contributed by atoms with E-state index in [0.717, 1.165) is 18.4 Å². The monoisotopic (exact) mass is 363 g/mol. The molecule has 6 nitrogen and oxygen atoms in total. The van der Waals surface area contributed by atoms with Gasteiger partial charge in [-0.2, -0.15) is 0 Å². The number of rotatable bonds is 9. The molecule has 0 saturated heterocycles. The Morgan fingerprint density at radius 3 is 2.38 bits per heavy atom. The molecule has 6 heteroatoms. The molecule has 2 rings (SSSR count). The van der Waals surface area contributed by atoms with E-state index in [9.17, 15) is 4.79 Å². The van der Waals surface area contributed by atoms with Gasteiger partial charge in [0.1, 0.15) is 17.1 Å². The topological polar surface area (TPSA) is 61.1 Å². The van der Waals surface area contributed by atoms with E-state index in [0.29, 0.717) is 23.7 Å². The molecule has 0 fully saturated rings. The van der Waals surface area contributed by atoms with Crippen molar-refractivity contribution in [3.63, 3.8) is 0 Å². The molecule has 1 aromatic carbocycles. The van der Waals surface area contributed by atoms with Crippen LogP contribution in [0.1, 0.15) is 44.7 Å². The number of nitrogens with zero attached hydrogens (tertiary/aromatic N) is 1. The second-order valence-electron chi connectivity index (χ2n) is 7.07. The molecule has 0 saturated carbocycles. The lowest BCUT2D eigenvalue weighted by molar-refractivity contribution is 0.0459. The lowest BCUT2D eigenvalue weighted by Crippen LogP contribution is -2.16. The summed E-state index contributed by atoms with van der Waals surface area (Å²) >= 11 is 0. The maximum atomic E-state index is 12.3. The Bertz CT molecular complexity index is 733. The lowest BCUT2D eigenvalue weighted by atomic mass is 10.2. The van der Waals surface area contributed by atoms with Crippen molar-refractivity contribution in [2.45, 2.75) is 46.3 Å². The molecule has 0 aliphatic heterocycles. The Kier molecular flexibility index (Phi) is 6.91. The second-order valence-corrected chi connectivity index (χ2v) is 7.07. The summed E-state index contributed by atoms with van der Waals surface area (Å²) in [5.41, 5.74) is 0.541. The van der Waals surface area contributed by atoms with E-state index in [1.54, 1.807) is 12.1 Å². The van der Waals surface area contributed by atoms with Crippen molar-refractivity contribution >= 4 is 16.9 Å².